The van der Waals surface area contributed by atoms with Crippen LogP contribution in [0, 0.1) is 6.07 Å². The van der Waals surface area contributed by atoms with Crippen LogP contribution in [0.25, 0.3) is 0 Å². The number of halogens is 4. The van der Waals surface area contributed by atoms with Crippen molar-refractivity contribution in [1.82, 2.24) is 15.6 Å². The van der Waals surface area contributed by atoms with E-state index in [-0.39, 0.29) is 12.4 Å². The molecule has 1 radical (unpaired) electrons. The van der Waals surface area contributed by atoms with E-state index in [1.165, 1.54) is 11.1 Å². The van der Waals surface area contributed by atoms with E-state index in [1.54, 1.807) is 0 Å². The second-order valence-electron chi connectivity index (χ2n) is 3.12. The van der Waals surface area contributed by atoms with E-state index < -0.39 is 11.7 Å². The molecule has 1 fully saturated rings. The lowest BCUT2D eigenvalue weighted by Gasteiger charge is -2.16. The number of nitrogens with zero attached hydrogens (tertiary/aromatic N) is 2. The molecule has 2 N–H and O–H groups in total. The van der Waals surface area contributed by atoms with Crippen molar-refractivity contribution in [2.45, 2.75) is 6.18 Å². The second kappa shape index (κ2) is 4.10. The Kier molecular flexibility index (Phi) is 2.94. The van der Waals surface area contributed by atoms with E-state index in [0.29, 0.717) is 0 Å². The summed E-state index contributed by atoms with van der Waals surface area (Å²) in [6.45, 7) is 0.194. The number of anilines is 1. The molecule has 1 heterocycles. The molecule has 1 aromatic rings. The molecule has 1 aromatic carbocycles. The van der Waals surface area contributed by atoms with Crippen molar-refractivity contribution in [1.29, 1.82) is 0 Å². The van der Waals surface area contributed by atoms with Crippen molar-refractivity contribution in [2.75, 3.05) is 11.7 Å². The predicted molar refractivity (Wildman–Crippen MR) is 51.6 cm³/mol. The molecule has 0 unspecified atom stereocenters. The molecule has 0 atom stereocenters. The van der Waals surface area contributed by atoms with Gasteiger partial charge in [-0.2, -0.15) is 24.2 Å². The van der Waals surface area contributed by atoms with Gasteiger partial charge in [0.1, 0.15) is 6.67 Å². The van der Waals surface area contributed by atoms with Crippen molar-refractivity contribution in [2.24, 2.45) is 0 Å². The SMILES string of the molecule is FC(F)(F)c1cc[c]c(N2CN(Cl)NN2)c1. The van der Waals surface area contributed by atoms with Crippen LogP contribution in [0.3, 0.4) is 0 Å². The van der Waals surface area contributed by atoms with Crippen LogP contribution in [-0.2, 0) is 6.18 Å². The van der Waals surface area contributed by atoms with Crippen LogP contribution in [0.5, 0.6) is 0 Å². The highest BCUT2D eigenvalue weighted by atomic mass is 35.5. The average Bonchev–Trinajstić information content (AvgIpc) is 2.64. The van der Waals surface area contributed by atoms with Gasteiger partial charge in [0.05, 0.1) is 11.3 Å². The third-order valence-corrected chi connectivity index (χ3v) is 2.17. The highest BCUT2D eigenvalue weighted by molar-refractivity contribution is 6.13. The van der Waals surface area contributed by atoms with Gasteiger partial charge in [-0.3, -0.25) is 5.01 Å². The zero-order valence-corrected chi connectivity index (χ0v) is 8.60. The Labute approximate surface area is 94.6 Å². The smallest absolute Gasteiger partial charge is 0.276 e. The van der Waals surface area contributed by atoms with Crippen LogP contribution in [-0.4, -0.2) is 11.2 Å². The summed E-state index contributed by atoms with van der Waals surface area (Å²) in [7, 11) is 0. The molecule has 0 spiro atoms. The maximum absolute atomic E-state index is 12.4. The van der Waals surface area contributed by atoms with Crippen molar-refractivity contribution in [3.05, 3.63) is 29.8 Å². The number of alkyl halides is 3. The summed E-state index contributed by atoms with van der Waals surface area (Å²) in [4.78, 5) is 0. The third-order valence-electron chi connectivity index (χ3n) is 1.98. The van der Waals surface area contributed by atoms with Crippen LogP contribution in [0.2, 0.25) is 0 Å². The molecule has 0 aliphatic carbocycles. The van der Waals surface area contributed by atoms with Gasteiger partial charge in [-0.05, 0) is 23.9 Å². The van der Waals surface area contributed by atoms with E-state index in [0.717, 1.165) is 16.7 Å². The van der Waals surface area contributed by atoms with Gasteiger partial charge in [0, 0.05) is 6.07 Å². The normalized spacial score (nSPS) is 18.1. The maximum atomic E-state index is 12.4. The van der Waals surface area contributed by atoms with Crippen LogP contribution in [0.1, 0.15) is 5.56 Å². The minimum absolute atomic E-state index is 0.194. The number of rotatable bonds is 1. The highest BCUT2D eigenvalue weighted by Crippen LogP contribution is 2.31. The largest absolute Gasteiger partial charge is 0.416 e. The lowest BCUT2D eigenvalue weighted by Crippen LogP contribution is -2.36. The minimum atomic E-state index is -4.36. The van der Waals surface area contributed by atoms with Gasteiger partial charge in [0.15, 0.2) is 0 Å². The molecule has 1 saturated heterocycles. The highest BCUT2D eigenvalue weighted by Gasteiger charge is 2.31. The Morgan fingerprint density at radius 1 is 1.38 bits per heavy atom. The van der Waals surface area contributed by atoms with Gasteiger partial charge < -0.3 is 0 Å². The maximum Gasteiger partial charge on any atom is 0.416 e. The van der Waals surface area contributed by atoms with Crippen molar-refractivity contribution >= 4 is 17.5 Å². The fraction of sp³-hybridized carbons (Fsp3) is 0.250. The molecule has 1 aliphatic heterocycles. The molecule has 0 bridgehead atoms. The molecule has 0 saturated carbocycles. The number of nitrogens with one attached hydrogen (secondary N) is 2. The van der Waals surface area contributed by atoms with Crippen molar-refractivity contribution < 1.29 is 13.2 Å². The quantitative estimate of drug-likeness (QED) is 0.744. The molecule has 1 aliphatic rings. The van der Waals surface area contributed by atoms with Gasteiger partial charge in [0.2, 0.25) is 0 Å². The summed E-state index contributed by atoms with van der Waals surface area (Å²) in [5.74, 6) is 0. The Balaban J connectivity index is 2.23. The van der Waals surface area contributed by atoms with Crippen molar-refractivity contribution in [3.63, 3.8) is 0 Å². The number of hydrazine groups is 3. The monoisotopic (exact) mass is 251 g/mol. The van der Waals surface area contributed by atoms with Crippen LogP contribution in [0.15, 0.2) is 18.2 Å². The first-order chi connectivity index (χ1) is 7.47. The van der Waals surface area contributed by atoms with E-state index in [4.69, 9.17) is 11.8 Å². The third kappa shape index (κ3) is 2.38. The molecule has 8 heteroatoms. The molecule has 4 nitrogen and oxygen atoms in total. The Morgan fingerprint density at radius 3 is 2.69 bits per heavy atom. The van der Waals surface area contributed by atoms with Gasteiger partial charge in [-0.15, -0.1) is 4.53 Å². The van der Waals surface area contributed by atoms with Crippen LogP contribution < -0.4 is 16.1 Å². The van der Waals surface area contributed by atoms with E-state index >= 15 is 0 Å². The van der Waals surface area contributed by atoms with Gasteiger partial charge in [-0.25, -0.2) is 0 Å². The lowest BCUT2D eigenvalue weighted by molar-refractivity contribution is -0.137. The Hall–Kier alpha value is -1.02. The second-order valence-corrected chi connectivity index (χ2v) is 3.52. The predicted octanol–water partition coefficient (Wildman–Crippen LogP) is 1.66. The van der Waals surface area contributed by atoms with Crippen LogP contribution in [0.4, 0.5) is 18.9 Å². The topological polar surface area (TPSA) is 30.5 Å². The summed E-state index contributed by atoms with van der Waals surface area (Å²) in [5, 5.41) is 1.39. The van der Waals surface area contributed by atoms with Gasteiger partial charge in [0.25, 0.3) is 0 Å². The van der Waals surface area contributed by atoms with Crippen molar-refractivity contribution in [3.8, 4) is 0 Å². The van der Waals surface area contributed by atoms with E-state index in [9.17, 15) is 13.2 Å². The Morgan fingerprint density at radius 2 is 2.12 bits per heavy atom. The summed E-state index contributed by atoms with van der Waals surface area (Å²) < 4.78 is 38.4. The molecule has 0 amide bonds. The van der Waals surface area contributed by atoms with Crippen LogP contribution >= 0.6 is 11.8 Å². The minimum Gasteiger partial charge on any atom is -0.276 e. The molecular formula is C8H7ClF3N4. The van der Waals surface area contributed by atoms with Gasteiger partial charge in [-0.1, -0.05) is 6.07 Å². The Bertz CT molecular complexity index is 384. The first kappa shape index (κ1) is 11.5. The zero-order chi connectivity index (χ0) is 11.8. The first-order valence-corrected chi connectivity index (χ1v) is 4.62. The fourth-order valence-electron chi connectivity index (χ4n) is 1.23. The number of benzene rings is 1. The first-order valence-electron chi connectivity index (χ1n) is 4.28. The molecular weight excluding hydrogens is 245 g/mol. The zero-order valence-electron chi connectivity index (χ0n) is 7.85. The molecule has 2 rings (SSSR count). The number of hydrogen-bond donors (Lipinski definition) is 2. The standard InChI is InChI=1S/C8H7ClF3N4/c9-16-5-15(13-14-16)7-3-1-2-6(4-7)8(10,11)12/h1-2,4,13-14H,5H2. The summed E-state index contributed by atoms with van der Waals surface area (Å²) in [6.07, 6.45) is -4.36. The van der Waals surface area contributed by atoms with E-state index in [2.05, 4.69) is 17.1 Å². The lowest BCUT2D eigenvalue weighted by atomic mass is 10.2. The average molecular weight is 252 g/mol. The molecule has 87 valence electrons. The number of hydrogen-bond acceptors (Lipinski definition) is 4. The summed E-state index contributed by atoms with van der Waals surface area (Å²) in [6, 6.07) is 5.86. The fourth-order valence-corrected chi connectivity index (χ4v) is 1.38. The molecule has 16 heavy (non-hydrogen) atoms. The summed E-state index contributed by atoms with van der Waals surface area (Å²) >= 11 is 5.57. The van der Waals surface area contributed by atoms with Gasteiger partial charge >= 0.3 is 6.18 Å². The van der Waals surface area contributed by atoms with E-state index in [1.807, 2.05) is 0 Å². The molecule has 0 aromatic heterocycles. The summed E-state index contributed by atoms with van der Waals surface area (Å²) in [5.41, 5.74) is 4.61.